The summed E-state index contributed by atoms with van der Waals surface area (Å²) in [6.07, 6.45) is -1.56. The van der Waals surface area contributed by atoms with Crippen LogP contribution in [0.25, 0.3) is 0 Å². The number of amides is 1. The summed E-state index contributed by atoms with van der Waals surface area (Å²) in [7, 11) is 0. The minimum Gasteiger partial charge on any atom is -0.482 e. The number of carbonyl (C=O) groups excluding carboxylic acids is 1. The van der Waals surface area contributed by atoms with Gasteiger partial charge < -0.3 is 20.3 Å². The summed E-state index contributed by atoms with van der Waals surface area (Å²) in [5.41, 5.74) is 0. The molecule has 0 aliphatic heterocycles. The average Bonchev–Trinajstić information content (AvgIpc) is 2.37. The van der Waals surface area contributed by atoms with Crippen molar-refractivity contribution >= 4 is 39.4 Å². The number of carbonyl (C=O) groups is 2. The molecule has 1 aromatic carbocycles. The van der Waals surface area contributed by atoms with E-state index in [1.54, 1.807) is 18.2 Å². The Morgan fingerprint density at radius 3 is 2.75 bits per heavy atom. The van der Waals surface area contributed by atoms with E-state index in [4.69, 9.17) is 26.6 Å². The first kappa shape index (κ1) is 16.7. The second kappa shape index (κ2) is 8.08. The van der Waals surface area contributed by atoms with Crippen LogP contribution in [0.2, 0.25) is 5.02 Å². The minimum absolute atomic E-state index is 0.0454. The smallest absolute Gasteiger partial charge is 0.332 e. The van der Waals surface area contributed by atoms with Gasteiger partial charge in [-0.15, -0.1) is 0 Å². The molecule has 0 saturated heterocycles. The quantitative estimate of drug-likeness (QED) is 0.678. The number of ether oxygens (including phenoxy) is 1. The first-order valence-corrected chi connectivity index (χ1v) is 6.82. The molecule has 1 atom stereocenters. The predicted molar refractivity (Wildman–Crippen MR) is 75.9 cm³/mol. The molecule has 0 aromatic heterocycles. The van der Waals surface area contributed by atoms with Crippen molar-refractivity contribution in [1.82, 2.24) is 5.32 Å². The summed E-state index contributed by atoms with van der Waals surface area (Å²) in [5, 5.41) is 20.3. The molecule has 0 fully saturated rings. The van der Waals surface area contributed by atoms with Crippen LogP contribution in [0.15, 0.2) is 22.7 Å². The number of hydrogen-bond donors (Lipinski definition) is 3. The highest BCUT2D eigenvalue weighted by molar-refractivity contribution is 9.10. The van der Waals surface area contributed by atoms with Crippen LogP contribution in [0.4, 0.5) is 0 Å². The highest BCUT2D eigenvalue weighted by atomic mass is 79.9. The van der Waals surface area contributed by atoms with Crippen molar-refractivity contribution in [3.63, 3.8) is 0 Å². The van der Waals surface area contributed by atoms with E-state index in [0.29, 0.717) is 10.8 Å². The third-order valence-corrected chi connectivity index (χ3v) is 3.07. The molecule has 110 valence electrons. The summed E-state index contributed by atoms with van der Waals surface area (Å²) in [5.74, 6) is -1.38. The number of carboxylic acids is 1. The number of rotatable bonds is 7. The van der Waals surface area contributed by atoms with E-state index in [2.05, 4.69) is 21.2 Å². The van der Waals surface area contributed by atoms with Gasteiger partial charge >= 0.3 is 5.97 Å². The minimum atomic E-state index is -1.49. The summed E-state index contributed by atoms with van der Waals surface area (Å²) in [4.78, 5) is 21.8. The zero-order valence-corrected chi connectivity index (χ0v) is 12.6. The summed E-state index contributed by atoms with van der Waals surface area (Å²) < 4.78 is 6.01. The average molecular weight is 367 g/mol. The Kier molecular flexibility index (Phi) is 6.77. The van der Waals surface area contributed by atoms with Gasteiger partial charge in [-0.05, 0) is 18.2 Å². The van der Waals surface area contributed by atoms with Gasteiger partial charge in [-0.1, -0.05) is 27.5 Å². The SMILES string of the molecule is O=C(COc1ccc(Br)cc1Cl)NCC[C@H](O)C(=O)O. The van der Waals surface area contributed by atoms with E-state index in [9.17, 15) is 9.59 Å². The Hall–Kier alpha value is -1.31. The van der Waals surface area contributed by atoms with Crippen molar-refractivity contribution in [3.05, 3.63) is 27.7 Å². The highest BCUT2D eigenvalue weighted by Crippen LogP contribution is 2.27. The zero-order chi connectivity index (χ0) is 15.1. The van der Waals surface area contributed by atoms with Gasteiger partial charge in [0, 0.05) is 17.4 Å². The molecule has 0 aliphatic rings. The molecule has 20 heavy (non-hydrogen) atoms. The molecule has 8 heteroatoms. The van der Waals surface area contributed by atoms with Gasteiger partial charge in [0.05, 0.1) is 5.02 Å². The monoisotopic (exact) mass is 365 g/mol. The lowest BCUT2D eigenvalue weighted by atomic mass is 10.2. The first-order valence-electron chi connectivity index (χ1n) is 5.65. The topological polar surface area (TPSA) is 95.9 Å². The zero-order valence-electron chi connectivity index (χ0n) is 10.3. The van der Waals surface area contributed by atoms with Gasteiger partial charge in [0.1, 0.15) is 5.75 Å². The number of aliphatic carboxylic acids is 1. The number of aliphatic hydroxyl groups excluding tert-OH is 1. The fraction of sp³-hybridized carbons (Fsp3) is 0.333. The number of benzene rings is 1. The third-order valence-electron chi connectivity index (χ3n) is 2.28. The Morgan fingerprint density at radius 2 is 2.15 bits per heavy atom. The molecule has 0 unspecified atom stereocenters. The fourth-order valence-electron chi connectivity index (χ4n) is 1.26. The highest BCUT2D eigenvalue weighted by Gasteiger charge is 2.13. The van der Waals surface area contributed by atoms with Crippen molar-refractivity contribution in [3.8, 4) is 5.75 Å². The van der Waals surface area contributed by atoms with Gasteiger partial charge in [-0.25, -0.2) is 4.79 Å². The molecule has 0 heterocycles. The normalized spacial score (nSPS) is 11.8. The van der Waals surface area contributed by atoms with Crippen LogP contribution in [-0.2, 0) is 9.59 Å². The van der Waals surface area contributed by atoms with Crippen molar-refractivity contribution in [1.29, 1.82) is 0 Å². The van der Waals surface area contributed by atoms with Gasteiger partial charge in [0.25, 0.3) is 5.91 Å². The maximum absolute atomic E-state index is 11.4. The Morgan fingerprint density at radius 1 is 1.45 bits per heavy atom. The second-order valence-corrected chi connectivity index (χ2v) is 5.18. The van der Waals surface area contributed by atoms with E-state index >= 15 is 0 Å². The van der Waals surface area contributed by atoms with Crippen molar-refractivity contribution in [2.45, 2.75) is 12.5 Å². The number of hydrogen-bond acceptors (Lipinski definition) is 4. The van der Waals surface area contributed by atoms with E-state index in [0.717, 1.165) is 4.47 Å². The molecular formula is C12H13BrClNO5. The molecule has 0 radical (unpaired) electrons. The molecule has 0 aliphatic carbocycles. The predicted octanol–water partition coefficient (Wildman–Crippen LogP) is 1.43. The van der Waals surface area contributed by atoms with Gasteiger partial charge in [-0.3, -0.25) is 4.79 Å². The first-order chi connectivity index (χ1) is 9.40. The van der Waals surface area contributed by atoms with Gasteiger partial charge in [-0.2, -0.15) is 0 Å². The lowest BCUT2D eigenvalue weighted by Gasteiger charge is -2.09. The molecule has 0 bridgehead atoms. The molecule has 0 saturated carbocycles. The Bertz CT molecular complexity index is 497. The number of halogens is 2. The molecule has 1 rings (SSSR count). The Labute approximate surface area is 128 Å². The standard InChI is InChI=1S/C12H13BrClNO5/c13-7-1-2-10(8(14)5-7)20-6-11(17)15-4-3-9(16)12(18)19/h1-2,5,9,16H,3-4,6H2,(H,15,17)(H,18,19)/t9-/m0/s1. The molecule has 3 N–H and O–H groups in total. The molecule has 0 spiro atoms. The molecular weight excluding hydrogens is 353 g/mol. The van der Waals surface area contributed by atoms with Crippen LogP contribution in [0.1, 0.15) is 6.42 Å². The molecule has 6 nitrogen and oxygen atoms in total. The summed E-state index contributed by atoms with van der Waals surface area (Å²) in [6.45, 7) is -0.200. The van der Waals surface area contributed by atoms with Crippen molar-refractivity contribution in [2.75, 3.05) is 13.2 Å². The largest absolute Gasteiger partial charge is 0.482 e. The van der Waals surface area contributed by atoms with Crippen molar-refractivity contribution in [2.24, 2.45) is 0 Å². The van der Waals surface area contributed by atoms with E-state index in [-0.39, 0.29) is 19.6 Å². The van der Waals surface area contributed by atoms with Gasteiger partial charge in [0.15, 0.2) is 12.7 Å². The van der Waals surface area contributed by atoms with Gasteiger partial charge in [0.2, 0.25) is 0 Å². The summed E-state index contributed by atoms with van der Waals surface area (Å²) >= 11 is 9.15. The van der Waals surface area contributed by atoms with Crippen LogP contribution < -0.4 is 10.1 Å². The maximum Gasteiger partial charge on any atom is 0.332 e. The Balaban J connectivity index is 2.31. The van der Waals surface area contributed by atoms with Crippen LogP contribution in [0.5, 0.6) is 5.75 Å². The number of aliphatic hydroxyl groups is 1. The molecule has 1 amide bonds. The lowest BCUT2D eigenvalue weighted by molar-refractivity contribution is -0.147. The lowest BCUT2D eigenvalue weighted by Crippen LogP contribution is -2.33. The van der Waals surface area contributed by atoms with Crippen LogP contribution in [0, 0.1) is 0 Å². The van der Waals surface area contributed by atoms with E-state index in [1.807, 2.05) is 0 Å². The maximum atomic E-state index is 11.4. The third kappa shape index (κ3) is 5.77. The van der Waals surface area contributed by atoms with Crippen LogP contribution >= 0.6 is 27.5 Å². The second-order valence-electron chi connectivity index (χ2n) is 3.86. The van der Waals surface area contributed by atoms with E-state index < -0.39 is 18.0 Å². The van der Waals surface area contributed by atoms with E-state index in [1.165, 1.54) is 0 Å². The fourth-order valence-corrected chi connectivity index (χ4v) is 1.99. The molecule has 1 aromatic rings. The number of carboxylic acid groups (broad SMARTS) is 1. The summed E-state index contributed by atoms with van der Waals surface area (Å²) in [6, 6.07) is 4.98. The van der Waals surface area contributed by atoms with Crippen molar-refractivity contribution < 1.29 is 24.5 Å². The van der Waals surface area contributed by atoms with Crippen LogP contribution in [0.3, 0.4) is 0 Å². The number of nitrogens with one attached hydrogen (secondary N) is 1. The van der Waals surface area contributed by atoms with Crippen LogP contribution in [-0.4, -0.2) is 41.3 Å².